The lowest BCUT2D eigenvalue weighted by Crippen LogP contribution is -2.14. The molecule has 1 heterocycles. The fourth-order valence-electron chi connectivity index (χ4n) is 3.29. The summed E-state index contributed by atoms with van der Waals surface area (Å²) in [5, 5.41) is 6.81. The quantitative estimate of drug-likeness (QED) is 0.531. The lowest BCUT2D eigenvalue weighted by atomic mass is 10.1. The van der Waals surface area contributed by atoms with Crippen molar-refractivity contribution in [1.82, 2.24) is 5.16 Å². The van der Waals surface area contributed by atoms with Crippen molar-refractivity contribution in [3.63, 3.8) is 0 Å². The Kier molecular flexibility index (Phi) is 5.88. The maximum Gasteiger partial charge on any atom is 0.261 e. The molecule has 4 rings (SSSR count). The minimum Gasteiger partial charge on any atom is -0.354 e. The topological polar surface area (TPSA) is 101 Å². The van der Waals surface area contributed by atoms with E-state index in [2.05, 4.69) is 15.2 Å². The van der Waals surface area contributed by atoms with Gasteiger partial charge >= 0.3 is 0 Å². The molecule has 0 aliphatic heterocycles. The van der Waals surface area contributed by atoms with E-state index in [1.165, 1.54) is 0 Å². The number of rotatable bonds is 7. The van der Waals surface area contributed by atoms with Gasteiger partial charge in [-0.3, -0.25) is 9.52 Å². The number of anilines is 2. The Morgan fingerprint density at radius 2 is 1.78 bits per heavy atom. The van der Waals surface area contributed by atoms with Gasteiger partial charge in [0.15, 0.2) is 5.76 Å². The highest BCUT2D eigenvalue weighted by Crippen LogP contribution is 2.32. The van der Waals surface area contributed by atoms with Crippen LogP contribution in [0.15, 0.2) is 51.9 Å². The molecule has 0 bridgehead atoms. The molecule has 1 aromatic heterocycles. The molecule has 0 atom stereocenters. The standard InChI is InChI=1S/C24H25N3O4S/c1-15-4-12-21(16(2)14-15)27-32(29,30)20-10-5-18(6-11-20)7-13-22-23(17(3)26-31-22)25-24(28)19-8-9-19/h4-7,10-14,19,27H,8-9H2,1-3H3,(H,25,28). The van der Waals surface area contributed by atoms with E-state index in [1.54, 1.807) is 49.4 Å². The van der Waals surface area contributed by atoms with Gasteiger partial charge in [0.05, 0.1) is 10.6 Å². The second kappa shape index (κ2) is 8.63. The number of nitrogens with zero attached hydrogens (tertiary/aromatic N) is 1. The predicted molar refractivity (Wildman–Crippen MR) is 125 cm³/mol. The highest BCUT2D eigenvalue weighted by atomic mass is 32.2. The maximum absolute atomic E-state index is 12.7. The zero-order valence-electron chi connectivity index (χ0n) is 18.2. The van der Waals surface area contributed by atoms with Crippen LogP contribution < -0.4 is 10.0 Å². The summed E-state index contributed by atoms with van der Waals surface area (Å²) in [6, 6.07) is 12.1. The van der Waals surface area contributed by atoms with E-state index in [1.807, 2.05) is 26.0 Å². The first-order valence-corrected chi connectivity index (χ1v) is 11.9. The van der Waals surface area contributed by atoms with Crippen LogP contribution in [0.1, 0.15) is 41.0 Å². The molecule has 2 N–H and O–H groups in total. The van der Waals surface area contributed by atoms with Crippen LogP contribution in [0.3, 0.4) is 0 Å². The van der Waals surface area contributed by atoms with Gasteiger partial charge in [-0.1, -0.05) is 41.1 Å². The largest absolute Gasteiger partial charge is 0.354 e. The first kappa shape index (κ1) is 21.8. The molecule has 1 aliphatic rings. The summed E-state index contributed by atoms with van der Waals surface area (Å²) in [6.07, 6.45) is 5.31. The smallest absolute Gasteiger partial charge is 0.261 e. The molecule has 3 aromatic rings. The number of amides is 1. The lowest BCUT2D eigenvalue weighted by Gasteiger charge is -2.11. The molecule has 2 aromatic carbocycles. The van der Waals surface area contributed by atoms with Crippen molar-refractivity contribution in [2.24, 2.45) is 5.92 Å². The van der Waals surface area contributed by atoms with Crippen LogP contribution in [0, 0.1) is 26.7 Å². The van der Waals surface area contributed by atoms with Crippen LogP contribution in [-0.4, -0.2) is 19.5 Å². The van der Waals surface area contributed by atoms with E-state index in [0.29, 0.717) is 22.8 Å². The average molecular weight is 452 g/mol. The maximum atomic E-state index is 12.7. The third-order valence-corrected chi connectivity index (χ3v) is 6.71. The van der Waals surface area contributed by atoms with Gasteiger partial charge in [-0.15, -0.1) is 0 Å². The minimum atomic E-state index is -3.70. The molecular weight excluding hydrogens is 426 g/mol. The van der Waals surface area contributed by atoms with Crippen molar-refractivity contribution in [2.75, 3.05) is 10.0 Å². The Hall–Kier alpha value is -3.39. The van der Waals surface area contributed by atoms with Crippen molar-refractivity contribution in [3.8, 4) is 0 Å². The molecule has 1 amide bonds. The third-order valence-electron chi connectivity index (χ3n) is 5.33. The first-order valence-electron chi connectivity index (χ1n) is 10.4. The van der Waals surface area contributed by atoms with E-state index >= 15 is 0 Å². The van der Waals surface area contributed by atoms with Crippen molar-refractivity contribution in [2.45, 2.75) is 38.5 Å². The van der Waals surface area contributed by atoms with E-state index in [-0.39, 0.29) is 16.7 Å². The van der Waals surface area contributed by atoms with Crippen molar-refractivity contribution in [3.05, 3.63) is 70.6 Å². The fraction of sp³-hybridized carbons (Fsp3) is 0.250. The lowest BCUT2D eigenvalue weighted by molar-refractivity contribution is -0.117. The van der Waals surface area contributed by atoms with E-state index in [0.717, 1.165) is 29.5 Å². The van der Waals surface area contributed by atoms with Crippen molar-refractivity contribution in [1.29, 1.82) is 0 Å². The number of hydrogen-bond donors (Lipinski definition) is 2. The van der Waals surface area contributed by atoms with Crippen LogP contribution in [0.2, 0.25) is 0 Å². The SMILES string of the molecule is Cc1ccc(NS(=O)(=O)c2ccc(C=Cc3onc(C)c3NC(=O)C3CC3)cc2)c(C)c1. The second-order valence-corrected chi connectivity index (χ2v) is 9.78. The molecule has 1 saturated carbocycles. The summed E-state index contributed by atoms with van der Waals surface area (Å²) in [4.78, 5) is 12.3. The van der Waals surface area contributed by atoms with Crippen molar-refractivity contribution < 1.29 is 17.7 Å². The highest BCUT2D eigenvalue weighted by Gasteiger charge is 2.30. The molecule has 0 radical (unpaired) electrons. The third kappa shape index (κ3) is 4.91. The summed E-state index contributed by atoms with van der Waals surface area (Å²) in [5.41, 5.74) is 4.44. The van der Waals surface area contributed by atoms with Crippen LogP contribution in [0.25, 0.3) is 12.2 Å². The molecule has 0 spiro atoms. The number of carbonyl (C=O) groups is 1. The number of benzene rings is 2. The average Bonchev–Trinajstić information content (AvgIpc) is 3.55. The normalized spacial score (nSPS) is 14.0. The molecule has 7 nitrogen and oxygen atoms in total. The molecule has 0 saturated heterocycles. The van der Waals surface area contributed by atoms with Gasteiger partial charge in [0.25, 0.3) is 10.0 Å². The summed E-state index contributed by atoms with van der Waals surface area (Å²) in [7, 11) is -3.70. The van der Waals surface area contributed by atoms with Crippen LogP contribution in [0.5, 0.6) is 0 Å². The Labute approximate surface area is 187 Å². The number of hydrogen-bond acceptors (Lipinski definition) is 5. The number of aromatic nitrogens is 1. The van der Waals surface area contributed by atoms with Crippen molar-refractivity contribution >= 4 is 39.5 Å². The Balaban J connectivity index is 1.48. The minimum absolute atomic E-state index is 0.0168. The monoisotopic (exact) mass is 451 g/mol. The molecule has 1 aliphatic carbocycles. The predicted octanol–water partition coefficient (Wildman–Crippen LogP) is 4.92. The first-order chi connectivity index (χ1) is 15.2. The van der Waals surface area contributed by atoms with Gasteiger partial charge in [-0.2, -0.15) is 0 Å². The summed E-state index contributed by atoms with van der Waals surface area (Å²) in [5.74, 6) is 0.509. The van der Waals surface area contributed by atoms with E-state index in [9.17, 15) is 13.2 Å². The van der Waals surface area contributed by atoms with Gasteiger partial charge in [0.2, 0.25) is 5.91 Å². The molecule has 8 heteroatoms. The number of carbonyl (C=O) groups excluding carboxylic acids is 1. The second-order valence-electron chi connectivity index (χ2n) is 8.10. The zero-order chi connectivity index (χ0) is 22.9. The number of sulfonamides is 1. The number of aryl methyl sites for hydroxylation is 3. The summed E-state index contributed by atoms with van der Waals surface area (Å²) in [6.45, 7) is 5.60. The Morgan fingerprint density at radius 3 is 2.44 bits per heavy atom. The highest BCUT2D eigenvalue weighted by molar-refractivity contribution is 7.92. The Morgan fingerprint density at radius 1 is 1.06 bits per heavy atom. The molecule has 1 fully saturated rings. The van der Waals surface area contributed by atoms with Gasteiger partial charge in [-0.05, 0) is 69.0 Å². The molecule has 166 valence electrons. The number of nitrogens with one attached hydrogen (secondary N) is 2. The van der Waals surface area contributed by atoms with Crippen LogP contribution in [0.4, 0.5) is 11.4 Å². The van der Waals surface area contributed by atoms with Gasteiger partial charge in [0.1, 0.15) is 11.4 Å². The Bertz CT molecular complexity index is 1290. The van der Waals surface area contributed by atoms with Gasteiger partial charge < -0.3 is 9.84 Å². The molecule has 0 unspecified atom stereocenters. The van der Waals surface area contributed by atoms with Gasteiger partial charge in [0, 0.05) is 5.92 Å². The summed E-state index contributed by atoms with van der Waals surface area (Å²) < 4.78 is 33.5. The van der Waals surface area contributed by atoms with Crippen LogP contribution in [-0.2, 0) is 14.8 Å². The van der Waals surface area contributed by atoms with Crippen LogP contribution >= 0.6 is 0 Å². The molecular formula is C24H25N3O4S. The zero-order valence-corrected chi connectivity index (χ0v) is 19.0. The fourth-order valence-corrected chi connectivity index (χ4v) is 4.42. The van der Waals surface area contributed by atoms with E-state index in [4.69, 9.17) is 4.52 Å². The molecule has 32 heavy (non-hydrogen) atoms. The van der Waals surface area contributed by atoms with E-state index < -0.39 is 10.0 Å². The summed E-state index contributed by atoms with van der Waals surface area (Å²) >= 11 is 0. The van der Waals surface area contributed by atoms with Gasteiger partial charge in [-0.25, -0.2) is 8.42 Å².